The van der Waals surface area contributed by atoms with Crippen LogP contribution in [0.3, 0.4) is 0 Å². The van der Waals surface area contributed by atoms with Gasteiger partial charge in [-0.3, -0.25) is 0 Å². The largest absolute Gasteiger partial charge is 0.385 e. The van der Waals surface area contributed by atoms with Crippen molar-refractivity contribution in [3.8, 4) is 0 Å². The number of piperidine rings is 2. The molecule has 250 valence electrons. The summed E-state index contributed by atoms with van der Waals surface area (Å²) in [6, 6.07) is 10.2. The van der Waals surface area contributed by atoms with Crippen molar-refractivity contribution in [3.05, 3.63) is 35.9 Å². The molecule has 0 unspecified atom stereocenters. The molecule has 9 heteroatoms. The maximum atomic E-state index is 13.3. The minimum atomic E-state index is -0.955. The average Bonchev–Trinajstić information content (AvgIpc) is 3.08. The number of nitrogens with one attached hydrogen (secondary N) is 3. The first-order valence-corrected chi connectivity index (χ1v) is 17.4. The molecule has 2 aliphatic heterocycles. The van der Waals surface area contributed by atoms with Gasteiger partial charge in [-0.2, -0.15) is 0 Å². The monoisotopic (exact) mass is 615 g/mol. The number of carbonyl (C=O) groups is 2. The van der Waals surface area contributed by atoms with Gasteiger partial charge in [0, 0.05) is 64.9 Å². The van der Waals surface area contributed by atoms with E-state index < -0.39 is 5.60 Å². The Hall–Kier alpha value is -2.36. The third-order valence-corrected chi connectivity index (χ3v) is 9.69. The van der Waals surface area contributed by atoms with E-state index >= 15 is 0 Å². The highest BCUT2D eigenvalue weighted by molar-refractivity contribution is 5.74. The summed E-state index contributed by atoms with van der Waals surface area (Å²) in [6.45, 7) is 7.33. The van der Waals surface area contributed by atoms with Crippen LogP contribution in [0.4, 0.5) is 9.59 Å². The van der Waals surface area contributed by atoms with E-state index in [-0.39, 0.29) is 24.0 Å². The molecule has 2 saturated heterocycles. The number of aliphatic hydroxyl groups is 1. The van der Waals surface area contributed by atoms with Gasteiger partial charge in [0.05, 0.1) is 5.60 Å². The lowest BCUT2D eigenvalue weighted by atomic mass is 9.74. The van der Waals surface area contributed by atoms with E-state index in [1.807, 2.05) is 54.1 Å². The number of likely N-dealkylation sites (tertiary alicyclic amines) is 2. The predicted octanol–water partition coefficient (Wildman–Crippen LogP) is 5.48. The Morgan fingerprint density at radius 3 is 2.27 bits per heavy atom. The SMILES string of the molecule is CCOCCC[C@](O)(c1ccccc1)[C@@H]1CCCN(C(=O)N[C@H](CNC)CC2CCCCC2)C1.CNC(=O)N1CCCCC1. The fourth-order valence-corrected chi connectivity index (χ4v) is 7.24. The number of nitrogens with zero attached hydrogens (tertiary/aromatic N) is 2. The summed E-state index contributed by atoms with van der Waals surface area (Å²) in [7, 11) is 3.64. The van der Waals surface area contributed by atoms with Crippen molar-refractivity contribution < 1.29 is 19.4 Å². The van der Waals surface area contributed by atoms with E-state index in [9.17, 15) is 14.7 Å². The highest BCUT2D eigenvalue weighted by Crippen LogP contribution is 2.39. The molecule has 4 amide bonds. The number of hydrogen-bond donors (Lipinski definition) is 4. The molecule has 4 rings (SSSR count). The molecular weight excluding hydrogens is 554 g/mol. The summed E-state index contributed by atoms with van der Waals surface area (Å²) in [5, 5.41) is 21.2. The van der Waals surface area contributed by atoms with Gasteiger partial charge in [0.1, 0.15) is 0 Å². The van der Waals surface area contributed by atoms with E-state index in [1.54, 1.807) is 7.05 Å². The number of likely N-dealkylation sites (N-methyl/N-ethyl adjacent to an activating group) is 1. The highest BCUT2D eigenvalue weighted by Gasteiger charge is 2.41. The Balaban J connectivity index is 0.000000448. The molecule has 3 atom stereocenters. The molecule has 1 saturated carbocycles. The lowest BCUT2D eigenvalue weighted by molar-refractivity contribution is -0.0592. The van der Waals surface area contributed by atoms with Crippen LogP contribution in [-0.2, 0) is 10.3 Å². The van der Waals surface area contributed by atoms with Crippen molar-refractivity contribution in [1.29, 1.82) is 0 Å². The zero-order chi connectivity index (χ0) is 31.6. The van der Waals surface area contributed by atoms with Crippen LogP contribution in [-0.4, -0.2) is 93.0 Å². The second kappa shape index (κ2) is 19.9. The molecule has 1 aromatic rings. The van der Waals surface area contributed by atoms with Gasteiger partial charge in [-0.25, -0.2) is 9.59 Å². The zero-order valence-corrected chi connectivity index (χ0v) is 27.8. The Labute approximate surface area is 266 Å². The van der Waals surface area contributed by atoms with E-state index in [1.165, 1.54) is 38.5 Å². The van der Waals surface area contributed by atoms with Crippen LogP contribution < -0.4 is 16.0 Å². The van der Waals surface area contributed by atoms with Crippen molar-refractivity contribution >= 4 is 12.1 Å². The number of hydrogen-bond acceptors (Lipinski definition) is 5. The van der Waals surface area contributed by atoms with Gasteiger partial charge in [0.25, 0.3) is 0 Å². The van der Waals surface area contributed by atoms with Crippen molar-refractivity contribution in [3.63, 3.8) is 0 Å². The van der Waals surface area contributed by atoms with Crippen LogP contribution in [0.1, 0.15) is 96.0 Å². The minimum Gasteiger partial charge on any atom is -0.385 e. The first-order chi connectivity index (χ1) is 21.4. The number of urea groups is 2. The van der Waals surface area contributed by atoms with E-state index in [4.69, 9.17) is 4.74 Å². The first kappa shape index (κ1) is 36.1. The third-order valence-electron chi connectivity index (χ3n) is 9.69. The van der Waals surface area contributed by atoms with Crippen molar-refractivity contribution in [2.45, 2.75) is 102 Å². The summed E-state index contributed by atoms with van der Waals surface area (Å²) >= 11 is 0. The Morgan fingerprint density at radius 1 is 0.932 bits per heavy atom. The van der Waals surface area contributed by atoms with Gasteiger partial charge >= 0.3 is 12.1 Å². The number of rotatable bonds is 12. The Kier molecular flexibility index (Phi) is 16.3. The van der Waals surface area contributed by atoms with Gasteiger partial charge < -0.3 is 35.6 Å². The normalized spacial score (nSPS) is 21.4. The molecule has 1 aromatic carbocycles. The molecule has 0 spiro atoms. The molecule has 1 aliphatic carbocycles. The van der Waals surface area contributed by atoms with Crippen molar-refractivity contribution in [1.82, 2.24) is 25.8 Å². The summed E-state index contributed by atoms with van der Waals surface area (Å²) in [5.41, 5.74) is -0.00632. The molecule has 3 aliphatic rings. The van der Waals surface area contributed by atoms with Gasteiger partial charge in [0.2, 0.25) is 0 Å². The second-order valence-electron chi connectivity index (χ2n) is 12.9. The van der Waals surface area contributed by atoms with Gasteiger partial charge in [0.15, 0.2) is 0 Å². The van der Waals surface area contributed by atoms with Gasteiger partial charge in [-0.05, 0) is 76.8 Å². The summed E-state index contributed by atoms with van der Waals surface area (Å²) < 4.78 is 5.55. The van der Waals surface area contributed by atoms with E-state index in [0.29, 0.717) is 26.2 Å². The van der Waals surface area contributed by atoms with Crippen molar-refractivity contribution in [2.75, 3.05) is 60.0 Å². The summed E-state index contributed by atoms with van der Waals surface area (Å²) in [4.78, 5) is 28.1. The molecule has 0 bridgehead atoms. The molecule has 2 heterocycles. The standard InChI is InChI=1S/C28H47N3O3.C7H14N2O/c1-3-34-19-11-17-28(33,24-14-8-5-9-15-24)25-16-10-18-31(22-25)27(32)30-26(21-29-2)20-23-12-6-4-7-13-23;1-8-7(10)9-5-3-2-4-6-9/h5,8-9,14-15,23,25-26,29,33H,3-4,6-7,10-13,16-22H2,1-2H3,(H,30,32);2-6H2,1H3,(H,8,10)/t25-,26+,28+;/m1./s1. The molecule has 44 heavy (non-hydrogen) atoms. The fraction of sp³-hybridized carbons (Fsp3) is 0.771. The maximum absolute atomic E-state index is 13.3. The fourth-order valence-electron chi connectivity index (χ4n) is 7.24. The molecule has 4 N–H and O–H groups in total. The summed E-state index contributed by atoms with van der Waals surface area (Å²) in [5.74, 6) is 0.729. The first-order valence-electron chi connectivity index (χ1n) is 17.4. The topological polar surface area (TPSA) is 106 Å². The van der Waals surface area contributed by atoms with Crippen LogP contribution in [0.5, 0.6) is 0 Å². The Morgan fingerprint density at radius 2 is 1.61 bits per heavy atom. The lowest BCUT2D eigenvalue weighted by Crippen LogP contribution is -2.54. The smallest absolute Gasteiger partial charge is 0.317 e. The molecule has 0 radical (unpaired) electrons. The molecule has 9 nitrogen and oxygen atoms in total. The number of amides is 4. The molecule has 0 aromatic heterocycles. The predicted molar refractivity (Wildman–Crippen MR) is 178 cm³/mol. The average molecular weight is 616 g/mol. The van der Waals surface area contributed by atoms with Crippen LogP contribution in [0, 0.1) is 11.8 Å². The third kappa shape index (κ3) is 11.5. The number of ether oxygens (including phenoxy) is 1. The van der Waals surface area contributed by atoms with Crippen LogP contribution in [0.2, 0.25) is 0 Å². The lowest BCUT2D eigenvalue weighted by Gasteiger charge is -2.43. The van der Waals surface area contributed by atoms with Gasteiger partial charge in [-0.15, -0.1) is 0 Å². The highest BCUT2D eigenvalue weighted by atomic mass is 16.5. The Bertz CT molecular complexity index is 938. The van der Waals surface area contributed by atoms with Crippen molar-refractivity contribution in [2.24, 2.45) is 11.8 Å². The quantitative estimate of drug-likeness (QED) is 0.233. The van der Waals surface area contributed by atoms with E-state index in [0.717, 1.165) is 76.2 Å². The zero-order valence-electron chi connectivity index (χ0n) is 27.8. The minimum absolute atomic E-state index is 0.0112. The second-order valence-corrected chi connectivity index (χ2v) is 12.9. The molecular formula is C35H61N5O4. The van der Waals surface area contributed by atoms with Crippen LogP contribution in [0.15, 0.2) is 30.3 Å². The van der Waals surface area contributed by atoms with E-state index in [2.05, 4.69) is 16.0 Å². The molecule has 3 fully saturated rings. The van der Waals surface area contributed by atoms with Crippen LogP contribution >= 0.6 is 0 Å². The van der Waals surface area contributed by atoms with Crippen LogP contribution in [0.25, 0.3) is 0 Å². The number of benzene rings is 1. The maximum Gasteiger partial charge on any atom is 0.317 e. The number of carbonyl (C=O) groups excluding carboxylic acids is 2. The summed E-state index contributed by atoms with van der Waals surface area (Å²) in [6.07, 6.45) is 14.5. The van der Waals surface area contributed by atoms with Gasteiger partial charge in [-0.1, -0.05) is 62.4 Å².